The molecule has 0 aliphatic carbocycles. The third-order valence-electron chi connectivity index (χ3n) is 3.03. The fourth-order valence-electron chi connectivity index (χ4n) is 2.14. The van der Waals surface area contributed by atoms with Gasteiger partial charge in [-0.1, -0.05) is 0 Å². The van der Waals surface area contributed by atoms with Gasteiger partial charge in [-0.2, -0.15) is 5.10 Å². The van der Waals surface area contributed by atoms with Crippen LogP contribution < -0.4 is 0 Å². The Labute approximate surface area is 114 Å². The molecule has 0 atom stereocenters. The Morgan fingerprint density at radius 1 is 1.25 bits per heavy atom. The van der Waals surface area contributed by atoms with Crippen molar-refractivity contribution in [1.82, 2.24) is 19.6 Å². The van der Waals surface area contributed by atoms with Crippen LogP contribution in [0.2, 0.25) is 0 Å². The van der Waals surface area contributed by atoms with E-state index < -0.39 is 5.97 Å². The second-order valence-electron chi connectivity index (χ2n) is 4.34. The smallest absolute Gasteiger partial charge is 0.303 e. The zero-order chi connectivity index (χ0) is 13.9. The Kier molecular flexibility index (Phi) is 3.12. The van der Waals surface area contributed by atoms with Crippen molar-refractivity contribution in [3.05, 3.63) is 48.5 Å². The molecule has 0 aliphatic rings. The number of carboxylic acid groups (broad SMARTS) is 1. The number of rotatable bonds is 4. The van der Waals surface area contributed by atoms with E-state index in [2.05, 4.69) is 15.1 Å². The van der Waals surface area contributed by atoms with Crippen LogP contribution >= 0.6 is 0 Å². The first-order valence-electron chi connectivity index (χ1n) is 6.20. The van der Waals surface area contributed by atoms with Crippen molar-refractivity contribution in [3.63, 3.8) is 0 Å². The quantitative estimate of drug-likeness (QED) is 0.780. The minimum Gasteiger partial charge on any atom is -0.481 e. The lowest BCUT2D eigenvalue weighted by molar-refractivity contribution is -0.136. The largest absolute Gasteiger partial charge is 0.481 e. The molecule has 1 N–H and O–H groups in total. The van der Waals surface area contributed by atoms with Crippen LogP contribution in [0.3, 0.4) is 0 Å². The molecule has 0 aliphatic heterocycles. The highest BCUT2D eigenvalue weighted by Crippen LogP contribution is 2.25. The summed E-state index contributed by atoms with van der Waals surface area (Å²) < 4.78 is 1.67. The predicted molar refractivity (Wildman–Crippen MR) is 72.2 cm³/mol. The number of aliphatic carboxylic acids is 1. The number of fused-ring (bicyclic) bond motifs is 1. The number of aryl methyl sites for hydroxylation is 1. The zero-order valence-electron chi connectivity index (χ0n) is 10.6. The zero-order valence-corrected chi connectivity index (χ0v) is 10.6. The van der Waals surface area contributed by atoms with Crippen molar-refractivity contribution >= 4 is 11.6 Å². The molecule has 6 heteroatoms. The Morgan fingerprint density at radius 2 is 2.05 bits per heavy atom. The topological polar surface area (TPSA) is 80.4 Å². The third-order valence-corrected chi connectivity index (χ3v) is 3.03. The molecule has 0 unspecified atom stereocenters. The second kappa shape index (κ2) is 5.08. The van der Waals surface area contributed by atoms with Crippen molar-refractivity contribution < 1.29 is 9.90 Å². The number of hydrogen-bond donors (Lipinski definition) is 1. The molecule has 3 aromatic heterocycles. The lowest BCUT2D eigenvalue weighted by Gasteiger charge is -2.00. The number of hydrogen-bond acceptors (Lipinski definition) is 4. The van der Waals surface area contributed by atoms with E-state index in [-0.39, 0.29) is 6.42 Å². The number of carboxylic acids is 1. The van der Waals surface area contributed by atoms with Crippen LogP contribution in [0.25, 0.3) is 16.9 Å². The lowest BCUT2D eigenvalue weighted by Crippen LogP contribution is -1.99. The highest BCUT2D eigenvalue weighted by Gasteiger charge is 2.16. The molecule has 0 saturated heterocycles. The van der Waals surface area contributed by atoms with Gasteiger partial charge in [-0.3, -0.25) is 9.78 Å². The molecular formula is C14H12N4O2. The first kappa shape index (κ1) is 12.3. The fraction of sp³-hybridized carbons (Fsp3) is 0.143. The first-order chi connectivity index (χ1) is 9.75. The van der Waals surface area contributed by atoms with E-state index in [1.807, 2.05) is 12.1 Å². The number of aromatic nitrogens is 4. The average Bonchev–Trinajstić information content (AvgIpc) is 2.84. The van der Waals surface area contributed by atoms with Crippen LogP contribution in [0.15, 0.2) is 43.0 Å². The monoisotopic (exact) mass is 268 g/mol. The summed E-state index contributed by atoms with van der Waals surface area (Å²) in [5, 5.41) is 13.4. The van der Waals surface area contributed by atoms with Crippen LogP contribution in [0.5, 0.6) is 0 Å². The van der Waals surface area contributed by atoms with Crippen LogP contribution in [-0.4, -0.2) is 30.7 Å². The lowest BCUT2D eigenvalue weighted by atomic mass is 10.1. The Morgan fingerprint density at radius 3 is 2.80 bits per heavy atom. The fourth-order valence-corrected chi connectivity index (χ4v) is 2.14. The molecule has 0 fully saturated rings. The number of nitrogens with zero attached hydrogens (tertiary/aromatic N) is 4. The molecule has 3 aromatic rings. The van der Waals surface area contributed by atoms with Crippen LogP contribution in [0.4, 0.5) is 0 Å². The van der Waals surface area contributed by atoms with Gasteiger partial charge < -0.3 is 5.11 Å². The molecule has 3 rings (SSSR count). The van der Waals surface area contributed by atoms with Gasteiger partial charge >= 0.3 is 5.97 Å². The molecule has 6 nitrogen and oxygen atoms in total. The van der Waals surface area contributed by atoms with Gasteiger partial charge in [0.1, 0.15) is 0 Å². The van der Waals surface area contributed by atoms with E-state index in [4.69, 9.17) is 5.11 Å². The molecular weight excluding hydrogens is 256 g/mol. The highest BCUT2D eigenvalue weighted by molar-refractivity contribution is 5.73. The van der Waals surface area contributed by atoms with E-state index in [0.717, 1.165) is 16.8 Å². The summed E-state index contributed by atoms with van der Waals surface area (Å²) in [4.78, 5) is 19.1. The molecule has 20 heavy (non-hydrogen) atoms. The first-order valence-corrected chi connectivity index (χ1v) is 6.20. The summed E-state index contributed by atoms with van der Waals surface area (Å²) >= 11 is 0. The van der Waals surface area contributed by atoms with Gasteiger partial charge in [-0.25, -0.2) is 9.50 Å². The molecule has 0 amide bonds. The summed E-state index contributed by atoms with van der Waals surface area (Å²) in [5.41, 5.74) is 3.21. The molecule has 100 valence electrons. The van der Waals surface area contributed by atoms with E-state index in [1.54, 1.807) is 35.4 Å². The second-order valence-corrected chi connectivity index (χ2v) is 4.34. The van der Waals surface area contributed by atoms with Gasteiger partial charge in [0, 0.05) is 42.3 Å². The van der Waals surface area contributed by atoms with Gasteiger partial charge in [0.15, 0.2) is 5.65 Å². The van der Waals surface area contributed by atoms with E-state index >= 15 is 0 Å². The SMILES string of the molecule is O=C(O)CCc1c(-c2ccncc2)nn2cccnc12. The maximum atomic E-state index is 10.8. The summed E-state index contributed by atoms with van der Waals surface area (Å²) in [6, 6.07) is 5.50. The summed E-state index contributed by atoms with van der Waals surface area (Å²) in [5.74, 6) is -0.832. The molecule has 3 heterocycles. The Balaban J connectivity index is 2.15. The minimum absolute atomic E-state index is 0.0516. The van der Waals surface area contributed by atoms with E-state index in [1.165, 1.54) is 0 Å². The van der Waals surface area contributed by atoms with Gasteiger partial charge in [-0.05, 0) is 24.6 Å². The third kappa shape index (κ3) is 2.23. The van der Waals surface area contributed by atoms with Crippen LogP contribution in [-0.2, 0) is 11.2 Å². The van der Waals surface area contributed by atoms with Crippen LogP contribution in [0, 0.1) is 0 Å². The maximum absolute atomic E-state index is 10.8. The van der Waals surface area contributed by atoms with Gasteiger partial charge in [0.25, 0.3) is 0 Å². The van der Waals surface area contributed by atoms with Crippen LogP contribution in [0.1, 0.15) is 12.0 Å². The summed E-state index contributed by atoms with van der Waals surface area (Å²) in [6.45, 7) is 0. The van der Waals surface area contributed by atoms with Crippen molar-refractivity contribution in [2.24, 2.45) is 0 Å². The normalized spacial score (nSPS) is 10.8. The van der Waals surface area contributed by atoms with Gasteiger partial charge in [-0.15, -0.1) is 0 Å². The Bertz CT molecular complexity index is 752. The number of pyridine rings is 1. The average molecular weight is 268 g/mol. The molecule has 0 saturated carbocycles. The van der Waals surface area contributed by atoms with E-state index in [0.29, 0.717) is 12.1 Å². The standard InChI is InChI=1S/C14H12N4O2/c19-12(20)3-2-11-13(10-4-7-15-8-5-10)17-18-9-1-6-16-14(11)18/h1,4-9H,2-3H2,(H,19,20). The van der Waals surface area contributed by atoms with E-state index in [9.17, 15) is 4.79 Å². The summed E-state index contributed by atoms with van der Waals surface area (Å²) in [6.07, 6.45) is 7.31. The molecule has 0 spiro atoms. The maximum Gasteiger partial charge on any atom is 0.303 e. The van der Waals surface area contributed by atoms with Gasteiger partial charge in [0.05, 0.1) is 5.69 Å². The van der Waals surface area contributed by atoms with Gasteiger partial charge in [0.2, 0.25) is 0 Å². The van der Waals surface area contributed by atoms with Crippen molar-refractivity contribution in [1.29, 1.82) is 0 Å². The molecule has 0 aromatic carbocycles. The summed E-state index contributed by atoms with van der Waals surface area (Å²) in [7, 11) is 0. The number of carbonyl (C=O) groups is 1. The minimum atomic E-state index is -0.832. The van der Waals surface area contributed by atoms with Crippen molar-refractivity contribution in [3.8, 4) is 11.3 Å². The highest BCUT2D eigenvalue weighted by atomic mass is 16.4. The Hall–Kier alpha value is -2.76. The predicted octanol–water partition coefficient (Wildman–Crippen LogP) is 1.81. The molecule has 0 radical (unpaired) electrons. The van der Waals surface area contributed by atoms with Crippen molar-refractivity contribution in [2.45, 2.75) is 12.8 Å². The molecule has 0 bridgehead atoms. The van der Waals surface area contributed by atoms with Crippen molar-refractivity contribution in [2.75, 3.05) is 0 Å².